The van der Waals surface area contributed by atoms with Crippen LogP contribution in [-0.4, -0.2) is 22.9 Å². The average molecular weight is 235 g/mol. The molecular weight excluding hydrogens is 210 g/mol. The summed E-state index contributed by atoms with van der Waals surface area (Å²) >= 11 is 0. The standard InChI is InChI=1S/C14H25N3/c1-10-5-6-12(7-10)14(15-3)9-13-8-11(2)16-17(13)4/h8,10,12,14-15H,5-7,9H2,1-4H3. The fraction of sp³-hybridized carbons (Fsp3) is 0.786. The van der Waals surface area contributed by atoms with E-state index in [1.807, 2.05) is 11.7 Å². The van der Waals surface area contributed by atoms with Crippen molar-refractivity contribution in [3.8, 4) is 0 Å². The Morgan fingerprint density at radius 2 is 2.29 bits per heavy atom. The van der Waals surface area contributed by atoms with E-state index < -0.39 is 0 Å². The second-order valence-electron chi connectivity index (χ2n) is 5.68. The van der Waals surface area contributed by atoms with Gasteiger partial charge in [-0.2, -0.15) is 5.10 Å². The molecule has 0 spiro atoms. The van der Waals surface area contributed by atoms with Crippen molar-refractivity contribution in [1.29, 1.82) is 0 Å². The van der Waals surface area contributed by atoms with Crippen LogP contribution in [0.3, 0.4) is 0 Å². The summed E-state index contributed by atoms with van der Waals surface area (Å²) in [6, 6.07) is 2.82. The van der Waals surface area contributed by atoms with Crippen molar-refractivity contribution in [1.82, 2.24) is 15.1 Å². The van der Waals surface area contributed by atoms with Gasteiger partial charge in [0.25, 0.3) is 0 Å². The number of aryl methyl sites for hydroxylation is 2. The van der Waals surface area contributed by atoms with Gasteiger partial charge in [-0.05, 0) is 44.7 Å². The minimum atomic E-state index is 0.606. The molecule has 1 fully saturated rings. The lowest BCUT2D eigenvalue weighted by Crippen LogP contribution is -2.35. The van der Waals surface area contributed by atoms with E-state index >= 15 is 0 Å². The molecule has 1 aromatic heterocycles. The lowest BCUT2D eigenvalue weighted by atomic mass is 9.93. The zero-order valence-corrected chi connectivity index (χ0v) is 11.5. The summed E-state index contributed by atoms with van der Waals surface area (Å²) in [4.78, 5) is 0. The van der Waals surface area contributed by atoms with Crippen LogP contribution in [0.4, 0.5) is 0 Å². The van der Waals surface area contributed by atoms with E-state index in [1.165, 1.54) is 25.0 Å². The number of hydrogen-bond acceptors (Lipinski definition) is 2. The predicted octanol–water partition coefficient (Wildman–Crippen LogP) is 2.30. The quantitative estimate of drug-likeness (QED) is 0.868. The van der Waals surface area contributed by atoms with Crippen LogP contribution in [0.1, 0.15) is 37.6 Å². The first-order valence-electron chi connectivity index (χ1n) is 6.77. The maximum absolute atomic E-state index is 4.43. The molecular formula is C14H25N3. The molecule has 3 atom stereocenters. The fourth-order valence-corrected chi connectivity index (χ4v) is 3.20. The van der Waals surface area contributed by atoms with Crippen LogP contribution in [0.5, 0.6) is 0 Å². The Kier molecular flexibility index (Phi) is 3.87. The van der Waals surface area contributed by atoms with Crippen molar-refractivity contribution < 1.29 is 0 Å². The van der Waals surface area contributed by atoms with E-state index in [0.29, 0.717) is 6.04 Å². The molecule has 0 saturated heterocycles. The Balaban J connectivity index is 2.02. The lowest BCUT2D eigenvalue weighted by molar-refractivity contribution is 0.362. The van der Waals surface area contributed by atoms with Gasteiger partial charge in [0.2, 0.25) is 0 Å². The first-order chi connectivity index (χ1) is 8.10. The Labute approximate surface area is 105 Å². The predicted molar refractivity (Wildman–Crippen MR) is 71.0 cm³/mol. The highest BCUT2D eigenvalue weighted by atomic mass is 15.3. The normalized spacial score (nSPS) is 26.4. The zero-order valence-electron chi connectivity index (χ0n) is 11.5. The number of aromatic nitrogens is 2. The van der Waals surface area contributed by atoms with Crippen LogP contribution >= 0.6 is 0 Å². The summed E-state index contributed by atoms with van der Waals surface area (Å²) in [5.74, 6) is 1.74. The van der Waals surface area contributed by atoms with Crippen LogP contribution < -0.4 is 5.32 Å². The van der Waals surface area contributed by atoms with Gasteiger partial charge in [-0.1, -0.05) is 13.3 Å². The van der Waals surface area contributed by atoms with Crippen LogP contribution in [-0.2, 0) is 13.5 Å². The highest BCUT2D eigenvalue weighted by Crippen LogP contribution is 2.33. The van der Waals surface area contributed by atoms with Crippen molar-refractivity contribution in [2.45, 2.75) is 45.6 Å². The van der Waals surface area contributed by atoms with Gasteiger partial charge in [0, 0.05) is 25.2 Å². The second-order valence-corrected chi connectivity index (χ2v) is 5.68. The third-order valence-electron chi connectivity index (χ3n) is 4.20. The van der Waals surface area contributed by atoms with Crippen LogP contribution in [0.25, 0.3) is 0 Å². The minimum absolute atomic E-state index is 0.606. The number of nitrogens with zero attached hydrogens (tertiary/aromatic N) is 2. The van der Waals surface area contributed by atoms with E-state index in [4.69, 9.17) is 0 Å². The van der Waals surface area contributed by atoms with Crippen molar-refractivity contribution >= 4 is 0 Å². The first-order valence-corrected chi connectivity index (χ1v) is 6.77. The largest absolute Gasteiger partial charge is 0.316 e. The molecule has 3 nitrogen and oxygen atoms in total. The van der Waals surface area contributed by atoms with Gasteiger partial charge >= 0.3 is 0 Å². The van der Waals surface area contributed by atoms with Gasteiger partial charge in [-0.25, -0.2) is 0 Å². The third kappa shape index (κ3) is 2.89. The van der Waals surface area contributed by atoms with E-state index in [9.17, 15) is 0 Å². The van der Waals surface area contributed by atoms with Crippen molar-refractivity contribution in [2.75, 3.05) is 7.05 Å². The van der Waals surface area contributed by atoms with Crippen LogP contribution in [0.2, 0.25) is 0 Å². The highest BCUT2D eigenvalue weighted by molar-refractivity contribution is 5.10. The molecule has 1 aromatic rings. The maximum Gasteiger partial charge on any atom is 0.0596 e. The summed E-state index contributed by atoms with van der Waals surface area (Å²) in [5, 5.41) is 7.94. The van der Waals surface area contributed by atoms with E-state index in [0.717, 1.165) is 24.0 Å². The number of nitrogens with one attached hydrogen (secondary N) is 1. The summed E-state index contributed by atoms with van der Waals surface area (Å²) in [5.41, 5.74) is 2.47. The molecule has 0 aromatic carbocycles. The third-order valence-corrected chi connectivity index (χ3v) is 4.20. The van der Waals surface area contributed by atoms with Gasteiger partial charge in [0.15, 0.2) is 0 Å². The summed E-state index contributed by atoms with van der Waals surface area (Å²) < 4.78 is 2.03. The molecule has 1 aliphatic carbocycles. The molecule has 17 heavy (non-hydrogen) atoms. The first kappa shape index (κ1) is 12.6. The lowest BCUT2D eigenvalue weighted by Gasteiger charge is -2.23. The molecule has 0 bridgehead atoms. The second kappa shape index (κ2) is 5.21. The molecule has 3 unspecified atom stereocenters. The fourth-order valence-electron chi connectivity index (χ4n) is 3.20. The Bertz CT molecular complexity index is 370. The Hall–Kier alpha value is -0.830. The summed E-state index contributed by atoms with van der Waals surface area (Å²) in [6.07, 6.45) is 5.25. The summed E-state index contributed by atoms with van der Waals surface area (Å²) in [6.45, 7) is 4.44. The van der Waals surface area contributed by atoms with E-state index in [1.54, 1.807) is 0 Å². The molecule has 0 aliphatic heterocycles. The maximum atomic E-state index is 4.43. The SMILES string of the molecule is CNC(Cc1cc(C)nn1C)C1CCC(C)C1. The molecule has 0 radical (unpaired) electrons. The molecule has 96 valence electrons. The number of likely N-dealkylation sites (N-methyl/N-ethyl adjacent to an activating group) is 1. The van der Waals surface area contributed by atoms with Crippen LogP contribution in [0, 0.1) is 18.8 Å². The van der Waals surface area contributed by atoms with Gasteiger partial charge in [-0.3, -0.25) is 4.68 Å². The van der Waals surface area contributed by atoms with Gasteiger partial charge < -0.3 is 5.32 Å². The molecule has 2 rings (SSSR count). The van der Waals surface area contributed by atoms with E-state index in [-0.39, 0.29) is 0 Å². The van der Waals surface area contributed by atoms with Gasteiger partial charge in [0.1, 0.15) is 0 Å². The smallest absolute Gasteiger partial charge is 0.0596 e. The summed E-state index contributed by atoms with van der Waals surface area (Å²) in [7, 11) is 4.14. The molecule has 3 heteroatoms. The Morgan fingerprint density at radius 3 is 2.76 bits per heavy atom. The average Bonchev–Trinajstić information content (AvgIpc) is 2.82. The zero-order chi connectivity index (χ0) is 12.4. The van der Waals surface area contributed by atoms with Gasteiger partial charge in [-0.15, -0.1) is 0 Å². The molecule has 1 aliphatic rings. The monoisotopic (exact) mass is 235 g/mol. The minimum Gasteiger partial charge on any atom is -0.316 e. The molecule has 1 saturated carbocycles. The molecule has 1 N–H and O–H groups in total. The van der Waals surface area contributed by atoms with Gasteiger partial charge in [0.05, 0.1) is 5.69 Å². The highest BCUT2D eigenvalue weighted by Gasteiger charge is 2.28. The van der Waals surface area contributed by atoms with E-state index in [2.05, 4.69) is 37.4 Å². The van der Waals surface area contributed by atoms with Crippen molar-refractivity contribution in [3.05, 3.63) is 17.5 Å². The number of hydrogen-bond donors (Lipinski definition) is 1. The topological polar surface area (TPSA) is 29.9 Å². The van der Waals surface area contributed by atoms with Crippen molar-refractivity contribution in [3.63, 3.8) is 0 Å². The van der Waals surface area contributed by atoms with Crippen molar-refractivity contribution in [2.24, 2.45) is 18.9 Å². The van der Waals surface area contributed by atoms with Crippen LogP contribution in [0.15, 0.2) is 6.07 Å². The molecule has 1 heterocycles. The Morgan fingerprint density at radius 1 is 1.53 bits per heavy atom. The number of rotatable bonds is 4. The molecule has 0 amide bonds.